The monoisotopic (exact) mass is 295 g/mol. The third-order valence-electron chi connectivity index (χ3n) is 2.88. The van der Waals surface area contributed by atoms with Crippen molar-refractivity contribution < 1.29 is 8.95 Å². The summed E-state index contributed by atoms with van der Waals surface area (Å²) >= 11 is 0. The number of aromatic nitrogens is 4. The molecule has 8 heteroatoms. The van der Waals surface area contributed by atoms with Crippen LogP contribution in [-0.2, 0) is 10.8 Å². The number of nitrogens with zero attached hydrogens (tertiary/aromatic N) is 4. The van der Waals surface area contributed by atoms with E-state index in [1.807, 2.05) is 19.1 Å². The van der Waals surface area contributed by atoms with Gasteiger partial charge < -0.3 is 10.5 Å². The number of nitrogens with two attached hydrogens (primary N) is 1. The molecular weight excluding hydrogens is 278 g/mol. The Morgan fingerprint density at radius 2 is 2.25 bits per heavy atom. The van der Waals surface area contributed by atoms with Crippen LogP contribution in [0.25, 0.3) is 11.4 Å². The number of anilines is 1. The van der Waals surface area contributed by atoms with Gasteiger partial charge in [0.2, 0.25) is 0 Å². The molecule has 2 atom stereocenters. The van der Waals surface area contributed by atoms with E-state index in [-0.39, 0.29) is 6.04 Å². The first-order valence-electron chi connectivity index (χ1n) is 6.05. The number of methoxy groups -OCH3 is 1. The van der Waals surface area contributed by atoms with E-state index < -0.39 is 10.8 Å². The summed E-state index contributed by atoms with van der Waals surface area (Å²) in [6.07, 6.45) is 1.65. The third kappa shape index (κ3) is 2.79. The Morgan fingerprint density at radius 1 is 1.50 bits per heavy atom. The summed E-state index contributed by atoms with van der Waals surface area (Å²) in [6, 6.07) is 5.32. The molecule has 0 radical (unpaired) electrons. The lowest BCUT2D eigenvalue weighted by atomic mass is 10.1. The number of rotatable bonds is 5. The summed E-state index contributed by atoms with van der Waals surface area (Å²) in [4.78, 5) is 0. The van der Waals surface area contributed by atoms with Gasteiger partial charge in [-0.2, -0.15) is 0 Å². The van der Waals surface area contributed by atoms with Crippen molar-refractivity contribution in [3.8, 4) is 17.1 Å². The molecule has 0 amide bonds. The van der Waals surface area contributed by atoms with Crippen LogP contribution in [0.15, 0.2) is 18.2 Å². The predicted molar refractivity (Wildman–Crippen MR) is 77.9 cm³/mol. The summed E-state index contributed by atoms with van der Waals surface area (Å²) in [5.74, 6) is 1.56. The Hall–Kier alpha value is -1.96. The van der Waals surface area contributed by atoms with Crippen molar-refractivity contribution >= 4 is 16.5 Å². The highest BCUT2D eigenvalue weighted by Gasteiger charge is 2.19. The van der Waals surface area contributed by atoms with E-state index in [1.165, 1.54) is 0 Å². The fourth-order valence-corrected chi connectivity index (χ4v) is 2.86. The smallest absolute Gasteiger partial charge is 0.186 e. The Labute approximate surface area is 119 Å². The maximum atomic E-state index is 11.4. The highest BCUT2D eigenvalue weighted by atomic mass is 32.2. The average Bonchev–Trinajstić information content (AvgIpc) is 2.86. The molecule has 0 spiro atoms. The summed E-state index contributed by atoms with van der Waals surface area (Å²) in [6.45, 7) is 1.92. The molecule has 20 heavy (non-hydrogen) atoms. The van der Waals surface area contributed by atoms with Crippen LogP contribution < -0.4 is 10.5 Å². The first-order chi connectivity index (χ1) is 9.54. The van der Waals surface area contributed by atoms with Crippen LogP contribution in [0.5, 0.6) is 5.75 Å². The van der Waals surface area contributed by atoms with Crippen LogP contribution in [0.1, 0.15) is 13.0 Å². The van der Waals surface area contributed by atoms with Gasteiger partial charge in [-0.05, 0) is 29.5 Å². The molecule has 108 valence electrons. The fourth-order valence-electron chi connectivity index (χ4n) is 2.04. The van der Waals surface area contributed by atoms with Gasteiger partial charge >= 0.3 is 0 Å². The minimum Gasteiger partial charge on any atom is -0.494 e. The Bertz CT molecular complexity index is 628. The van der Waals surface area contributed by atoms with Gasteiger partial charge in [0.1, 0.15) is 0 Å². The van der Waals surface area contributed by atoms with Crippen LogP contribution in [0, 0.1) is 0 Å². The second-order valence-corrected chi connectivity index (χ2v) is 5.94. The number of para-hydroxylation sites is 1. The van der Waals surface area contributed by atoms with Gasteiger partial charge in [-0.25, -0.2) is 4.68 Å². The molecule has 7 nitrogen and oxygen atoms in total. The van der Waals surface area contributed by atoms with Crippen molar-refractivity contribution in [2.75, 3.05) is 24.9 Å². The highest BCUT2D eigenvalue weighted by molar-refractivity contribution is 7.84. The summed E-state index contributed by atoms with van der Waals surface area (Å²) in [7, 11) is 0.621. The topological polar surface area (TPSA) is 95.9 Å². The lowest BCUT2D eigenvalue weighted by Gasteiger charge is -2.14. The molecule has 2 aromatic rings. The SMILES string of the molecule is COc1c(N)cccc1-c1nnnn1C(C)CS(C)=O. The van der Waals surface area contributed by atoms with Gasteiger partial charge in [0.15, 0.2) is 11.6 Å². The van der Waals surface area contributed by atoms with Gasteiger partial charge in [0.25, 0.3) is 0 Å². The first-order valence-corrected chi connectivity index (χ1v) is 7.78. The van der Waals surface area contributed by atoms with Crippen molar-refractivity contribution in [2.24, 2.45) is 0 Å². The molecule has 0 saturated carbocycles. The van der Waals surface area contributed by atoms with Crippen molar-refractivity contribution in [1.29, 1.82) is 0 Å². The number of hydrogen-bond donors (Lipinski definition) is 1. The van der Waals surface area contributed by atoms with Crippen LogP contribution in [0.2, 0.25) is 0 Å². The predicted octanol–water partition coefficient (Wildman–Crippen LogP) is 0.870. The van der Waals surface area contributed by atoms with E-state index in [9.17, 15) is 4.21 Å². The van der Waals surface area contributed by atoms with E-state index >= 15 is 0 Å². The molecule has 0 fully saturated rings. The highest BCUT2D eigenvalue weighted by Crippen LogP contribution is 2.33. The third-order valence-corrected chi connectivity index (χ3v) is 3.83. The van der Waals surface area contributed by atoms with Gasteiger partial charge in [-0.1, -0.05) is 6.07 Å². The van der Waals surface area contributed by atoms with Crippen molar-refractivity contribution in [3.63, 3.8) is 0 Å². The van der Waals surface area contributed by atoms with E-state index in [0.29, 0.717) is 28.6 Å². The molecule has 0 aliphatic heterocycles. The molecule has 2 unspecified atom stereocenters. The van der Waals surface area contributed by atoms with Gasteiger partial charge in [0.05, 0.1) is 24.4 Å². The second-order valence-electron chi connectivity index (χ2n) is 4.46. The molecule has 1 heterocycles. The summed E-state index contributed by atoms with van der Waals surface area (Å²) < 4.78 is 18.3. The number of tetrazole rings is 1. The van der Waals surface area contributed by atoms with Crippen LogP contribution >= 0.6 is 0 Å². The number of ether oxygens (including phenoxy) is 1. The number of nitrogen functional groups attached to an aromatic ring is 1. The zero-order valence-electron chi connectivity index (χ0n) is 11.6. The van der Waals surface area contributed by atoms with E-state index in [0.717, 1.165) is 0 Å². The van der Waals surface area contributed by atoms with Crippen LogP contribution in [0.4, 0.5) is 5.69 Å². The summed E-state index contributed by atoms with van der Waals surface area (Å²) in [5.41, 5.74) is 7.13. The molecule has 0 bridgehead atoms. The quantitative estimate of drug-likeness (QED) is 0.822. The molecule has 1 aromatic carbocycles. The Balaban J connectivity index is 2.47. The minimum atomic E-state index is -0.929. The van der Waals surface area contributed by atoms with E-state index in [1.54, 1.807) is 24.1 Å². The van der Waals surface area contributed by atoms with E-state index in [4.69, 9.17) is 10.5 Å². The van der Waals surface area contributed by atoms with E-state index in [2.05, 4.69) is 15.5 Å². The molecule has 2 rings (SSSR count). The fraction of sp³-hybridized carbons (Fsp3) is 0.417. The largest absolute Gasteiger partial charge is 0.494 e. The average molecular weight is 295 g/mol. The zero-order valence-corrected chi connectivity index (χ0v) is 12.4. The molecule has 0 aliphatic rings. The van der Waals surface area contributed by atoms with Gasteiger partial charge in [-0.15, -0.1) is 5.10 Å². The van der Waals surface area contributed by atoms with Crippen molar-refractivity contribution in [3.05, 3.63) is 18.2 Å². The number of benzene rings is 1. The molecule has 0 aliphatic carbocycles. The molecule has 0 saturated heterocycles. The lowest BCUT2D eigenvalue weighted by Crippen LogP contribution is -2.15. The Kier molecular flexibility index (Phi) is 4.33. The molecule has 1 aromatic heterocycles. The lowest BCUT2D eigenvalue weighted by molar-refractivity contribution is 0.417. The van der Waals surface area contributed by atoms with Gasteiger partial charge in [-0.3, -0.25) is 4.21 Å². The second kappa shape index (κ2) is 6.00. The normalized spacial score (nSPS) is 13.9. The minimum absolute atomic E-state index is 0.0861. The van der Waals surface area contributed by atoms with Crippen LogP contribution in [-0.4, -0.2) is 43.5 Å². The van der Waals surface area contributed by atoms with Gasteiger partial charge in [0, 0.05) is 22.8 Å². The Morgan fingerprint density at radius 3 is 2.90 bits per heavy atom. The maximum absolute atomic E-state index is 11.4. The standard InChI is InChI=1S/C12H17N5O2S/c1-8(7-20(3)18)17-12(14-15-16-17)9-5-4-6-10(13)11(9)19-2/h4-6,8H,7,13H2,1-3H3. The van der Waals surface area contributed by atoms with Crippen LogP contribution in [0.3, 0.4) is 0 Å². The summed E-state index contributed by atoms with van der Waals surface area (Å²) in [5, 5.41) is 11.7. The zero-order chi connectivity index (χ0) is 14.7. The number of hydrogen-bond acceptors (Lipinski definition) is 6. The molecule has 2 N–H and O–H groups in total. The van der Waals surface area contributed by atoms with Crippen molar-refractivity contribution in [2.45, 2.75) is 13.0 Å². The van der Waals surface area contributed by atoms with Crippen molar-refractivity contribution in [1.82, 2.24) is 20.2 Å². The maximum Gasteiger partial charge on any atom is 0.186 e. The first kappa shape index (κ1) is 14.4. The molecular formula is C12H17N5O2S.